The fraction of sp³-hybridized carbons (Fsp3) is 0.261. The normalized spacial score (nSPS) is 14.4. The Labute approximate surface area is 184 Å². The van der Waals surface area contributed by atoms with Crippen LogP contribution in [0.1, 0.15) is 23.2 Å². The van der Waals surface area contributed by atoms with Crippen molar-refractivity contribution in [3.05, 3.63) is 60.8 Å². The summed E-state index contributed by atoms with van der Waals surface area (Å²) in [6.07, 6.45) is 10.6. The van der Waals surface area contributed by atoms with E-state index in [1.54, 1.807) is 29.3 Å². The van der Waals surface area contributed by atoms with Gasteiger partial charge in [0, 0.05) is 36.6 Å². The number of hydrogen-bond acceptors (Lipinski definition) is 7. The molecule has 1 aliphatic rings. The van der Waals surface area contributed by atoms with Crippen LogP contribution in [0, 0.1) is 0 Å². The highest BCUT2D eigenvalue weighted by Gasteiger charge is 2.16. The van der Waals surface area contributed by atoms with E-state index in [4.69, 9.17) is 4.74 Å². The molecule has 1 amide bonds. The van der Waals surface area contributed by atoms with E-state index in [-0.39, 0.29) is 18.0 Å². The van der Waals surface area contributed by atoms with E-state index >= 15 is 0 Å². The number of nitrogens with one attached hydrogen (secondary N) is 2. The highest BCUT2D eigenvalue weighted by Crippen LogP contribution is 2.23. The maximum absolute atomic E-state index is 12.8. The van der Waals surface area contributed by atoms with Crippen molar-refractivity contribution in [2.24, 2.45) is 7.05 Å². The van der Waals surface area contributed by atoms with Gasteiger partial charge in [-0.25, -0.2) is 9.97 Å². The summed E-state index contributed by atoms with van der Waals surface area (Å²) < 4.78 is 7.74. The molecule has 0 saturated carbocycles. The van der Waals surface area contributed by atoms with Gasteiger partial charge >= 0.3 is 0 Å². The third-order valence-corrected chi connectivity index (χ3v) is 5.41. The van der Waals surface area contributed by atoms with Gasteiger partial charge in [-0.3, -0.25) is 19.8 Å². The monoisotopic (exact) mass is 429 g/mol. The summed E-state index contributed by atoms with van der Waals surface area (Å²) in [6, 6.07) is 7.61. The number of fused-ring (bicyclic) bond motifs is 1. The van der Waals surface area contributed by atoms with Gasteiger partial charge in [-0.2, -0.15) is 5.10 Å². The van der Waals surface area contributed by atoms with Gasteiger partial charge in [-0.05, 0) is 43.6 Å². The second kappa shape index (κ2) is 8.72. The first-order valence-corrected chi connectivity index (χ1v) is 10.5. The van der Waals surface area contributed by atoms with E-state index in [1.165, 1.54) is 6.20 Å². The van der Waals surface area contributed by atoms with Crippen molar-refractivity contribution in [2.75, 3.05) is 18.4 Å². The highest BCUT2D eigenvalue weighted by atomic mass is 16.5. The number of carbonyl (C=O) groups is 1. The van der Waals surface area contributed by atoms with Crippen LogP contribution in [0.3, 0.4) is 0 Å². The molecule has 1 fully saturated rings. The molecule has 4 aromatic rings. The first-order valence-electron chi connectivity index (χ1n) is 10.5. The number of anilines is 1. The lowest BCUT2D eigenvalue weighted by Gasteiger charge is -2.23. The second-order valence-electron chi connectivity index (χ2n) is 7.80. The zero-order valence-corrected chi connectivity index (χ0v) is 17.7. The van der Waals surface area contributed by atoms with E-state index in [0.29, 0.717) is 11.3 Å². The molecule has 9 nitrogen and oxygen atoms in total. The Balaban J connectivity index is 1.33. The Hall–Kier alpha value is -3.85. The predicted octanol–water partition coefficient (Wildman–Crippen LogP) is 2.81. The number of rotatable bonds is 5. The lowest BCUT2D eigenvalue weighted by atomic mass is 10.1. The van der Waals surface area contributed by atoms with Crippen LogP contribution in [0.5, 0.6) is 5.75 Å². The summed E-state index contributed by atoms with van der Waals surface area (Å²) in [5.41, 5.74) is 3.12. The Morgan fingerprint density at radius 2 is 2.00 bits per heavy atom. The fourth-order valence-corrected chi connectivity index (χ4v) is 3.72. The van der Waals surface area contributed by atoms with Crippen molar-refractivity contribution in [1.29, 1.82) is 0 Å². The molecule has 0 spiro atoms. The van der Waals surface area contributed by atoms with Crippen molar-refractivity contribution >= 4 is 22.8 Å². The lowest BCUT2D eigenvalue weighted by molar-refractivity contribution is 0.102. The Bertz CT molecular complexity index is 1260. The van der Waals surface area contributed by atoms with E-state index in [9.17, 15) is 4.79 Å². The molecule has 4 heterocycles. The third kappa shape index (κ3) is 4.42. The van der Waals surface area contributed by atoms with Crippen molar-refractivity contribution < 1.29 is 9.53 Å². The van der Waals surface area contributed by atoms with Crippen LogP contribution in [0.15, 0.2) is 55.2 Å². The number of aromatic nitrogens is 5. The summed E-state index contributed by atoms with van der Waals surface area (Å²) in [4.78, 5) is 25.7. The minimum atomic E-state index is -0.337. The molecule has 0 aliphatic carbocycles. The summed E-state index contributed by atoms with van der Waals surface area (Å²) in [5, 5.41) is 11.2. The van der Waals surface area contributed by atoms with E-state index in [0.717, 1.165) is 48.0 Å². The number of hydrogen-bond donors (Lipinski definition) is 2. The van der Waals surface area contributed by atoms with E-state index in [2.05, 4.69) is 30.7 Å². The predicted molar refractivity (Wildman–Crippen MR) is 120 cm³/mol. The molecule has 1 aromatic carbocycles. The largest absolute Gasteiger partial charge is 0.489 e. The van der Waals surface area contributed by atoms with Gasteiger partial charge in [0.1, 0.15) is 11.9 Å². The number of carbonyl (C=O) groups excluding carboxylic acids is 1. The Kier molecular flexibility index (Phi) is 5.47. The molecule has 1 saturated heterocycles. The zero-order valence-electron chi connectivity index (χ0n) is 17.7. The fourth-order valence-electron chi connectivity index (χ4n) is 3.72. The molecule has 1 aliphatic heterocycles. The molecule has 0 unspecified atom stereocenters. The molecule has 0 radical (unpaired) electrons. The van der Waals surface area contributed by atoms with Crippen LogP contribution in [-0.4, -0.2) is 49.8 Å². The number of aryl methyl sites for hydroxylation is 1. The molecular formula is C23H23N7O2. The van der Waals surface area contributed by atoms with Crippen molar-refractivity contribution in [2.45, 2.75) is 18.9 Å². The maximum atomic E-state index is 12.8. The quantitative estimate of drug-likeness (QED) is 0.502. The van der Waals surface area contributed by atoms with Crippen molar-refractivity contribution in [1.82, 2.24) is 30.0 Å². The second-order valence-corrected chi connectivity index (χ2v) is 7.80. The van der Waals surface area contributed by atoms with Crippen LogP contribution in [-0.2, 0) is 7.05 Å². The third-order valence-electron chi connectivity index (χ3n) is 5.41. The van der Waals surface area contributed by atoms with Gasteiger partial charge in [0.25, 0.3) is 5.91 Å². The number of ether oxygens (including phenoxy) is 1. The molecule has 5 rings (SSSR count). The van der Waals surface area contributed by atoms with E-state index in [1.807, 2.05) is 31.4 Å². The molecular weight excluding hydrogens is 406 g/mol. The molecule has 0 atom stereocenters. The van der Waals surface area contributed by atoms with Gasteiger partial charge in [-0.1, -0.05) is 12.1 Å². The number of pyridine rings is 1. The summed E-state index contributed by atoms with van der Waals surface area (Å²) in [5.74, 6) is 0.483. The summed E-state index contributed by atoms with van der Waals surface area (Å²) >= 11 is 0. The molecule has 32 heavy (non-hydrogen) atoms. The van der Waals surface area contributed by atoms with Crippen LogP contribution >= 0.6 is 0 Å². The number of nitrogens with zero attached hydrogens (tertiary/aromatic N) is 5. The summed E-state index contributed by atoms with van der Waals surface area (Å²) in [7, 11) is 1.88. The molecule has 162 valence electrons. The lowest BCUT2D eigenvalue weighted by Crippen LogP contribution is -2.34. The minimum absolute atomic E-state index is 0.134. The molecule has 9 heteroatoms. The Morgan fingerprint density at radius 3 is 2.81 bits per heavy atom. The first-order chi connectivity index (χ1) is 15.6. The first kappa shape index (κ1) is 20.1. The standard InChI is InChI=1S/C23H23N7O2/c1-30-14-18(12-27-30)15-2-3-16-11-26-23(28-21(16)9-15)29-22(31)17-8-20(13-25-10-17)32-19-4-6-24-7-5-19/h2-3,8-14,19,24H,4-7H2,1H3,(H,26,28,29,31). The van der Waals surface area contributed by atoms with Crippen LogP contribution in [0.25, 0.3) is 22.0 Å². The van der Waals surface area contributed by atoms with Crippen LogP contribution in [0.2, 0.25) is 0 Å². The van der Waals surface area contributed by atoms with Gasteiger partial charge in [-0.15, -0.1) is 0 Å². The highest BCUT2D eigenvalue weighted by molar-refractivity contribution is 6.03. The van der Waals surface area contributed by atoms with Gasteiger partial charge in [0.05, 0.1) is 23.5 Å². The Morgan fingerprint density at radius 1 is 1.12 bits per heavy atom. The smallest absolute Gasteiger partial charge is 0.259 e. The molecule has 0 bridgehead atoms. The van der Waals surface area contributed by atoms with Crippen molar-refractivity contribution in [3.63, 3.8) is 0 Å². The minimum Gasteiger partial charge on any atom is -0.489 e. The molecule has 3 aromatic heterocycles. The average molecular weight is 429 g/mol. The number of amides is 1. The SMILES string of the molecule is Cn1cc(-c2ccc3cnc(NC(=O)c4cncc(OC5CCNCC5)c4)nc3c2)cn1. The van der Waals surface area contributed by atoms with Gasteiger partial charge < -0.3 is 10.1 Å². The summed E-state index contributed by atoms with van der Waals surface area (Å²) in [6.45, 7) is 1.86. The maximum Gasteiger partial charge on any atom is 0.259 e. The van der Waals surface area contributed by atoms with Crippen LogP contribution < -0.4 is 15.4 Å². The van der Waals surface area contributed by atoms with Gasteiger partial charge in [0.15, 0.2) is 0 Å². The van der Waals surface area contributed by atoms with Crippen LogP contribution in [0.4, 0.5) is 5.95 Å². The molecule has 2 N–H and O–H groups in total. The van der Waals surface area contributed by atoms with Crippen molar-refractivity contribution in [3.8, 4) is 16.9 Å². The zero-order chi connectivity index (χ0) is 21.9. The van der Waals surface area contributed by atoms with Gasteiger partial charge in [0.2, 0.25) is 5.95 Å². The average Bonchev–Trinajstić information content (AvgIpc) is 3.26. The number of piperidine rings is 1. The van der Waals surface area contributed by atoms with E-state index < -0.39 is 0 Å². The topological polar surface area (TPSA) is 107 Å². The number of benzene rings is 1.